The van der Waals surface area contributed by atoms with Crippen molar-refractivity contribution in [2.24, 2.45) is 5.73 Å². The van der Waals surface area contributed by atoms with Gasteiger partial charge in [-0.1, -0.05) is 0 Å². The molecule has 0 aliphatic heterocycles. The molecule has 0 fully saturated rings. The van der Waals surface area contributed by atoms with Crippen LogP contribution in [0.3, 0.4) is 0 Å². The van der Waals surface area contributed by atoms with Gasteiger partial charge in [-0.15, -0.1) is 0 Å². The van der Waals surface area contributed by atoms with E-state index in [-0.39, 0.29) is 23.7 Å². The highest BCUT2D eigenvalue weighted by Gasteiger charge is 2.17. The highest BCUT2D eigenvalue weighted by molar-refractivity contribution is 6.00. The Morgan fingerprint density at radius 1 is 0.840 bits per heavy atom. The van der Waals surface area contributed by atoms with Crippen molar-refractivity contribution in [3.63, 3.8) is 0 Å². The average molecular weight is 345 g/mol. The molecular formula is C18H19NO6. The van der Waals surface area contributed by atoms with E-state index in [4.69, 9.17) is 24.7 Å². The summed E-state index contributed by atoms with van der Waals surface area (Å²) in [6.45, 7) is -0.309. The van der Waals surface area contributed by atoms with Crippen molar-refractivity contribution in [3.8, 4) is 23.0 Å². The number of carbonyl (C=O) groups is 2. The molecule has 1 amide bonds. The number of benzene rings is 2. The third kappa shape index (κ3) is 4.20. The molecule has 0 unspecified atom stereocenters. The second kappa shape index (κ2) is 8.05. The lowest BCUT2D eigenvalue weighted by molar-refractivity contribution is 0.0908. The Balaban J connectivity index is 2.24. The highest BCUT2D eigenvalue weighted by Crippen LogP contribution is 2.27. The maximum absolute atomic E-state index is 12.5. The zero-order chi connectivity index (χ0) is 18.4. The van der Waals surface area contributed by atoms with Gasteiger partial charge in [-0.2, -0.15) is 0 Å². The third-order valence-corrected chi connectivity index (χ3v) is 3.52. The van der Waals surface area contributed by atoms with Crippen LogP contribution in [-0.4, -0.2) is 39.6 Å². The van der Waals surface area contributed by atoms with Crippen molar-refractivity contribution >= 4 is 11.7 Å². The monoisotopic (exact) mass is 345 g/mol. The number of methoxy groups -OCH3 is 3. The Kier molecular flexibility index (Phi) is 5.84. The van der Waals surface area contributed by atoms with Crippen LogP contribution in [0.2, 0.25) is 0 Å². The van der Waals surface area contributed by atoms with E-state index in [1.807, 2.05) is 0 Å². The molecule has 0 radical (unpaired) electrons. The summed E-state index contributed by atoms with van der Waals surface area (Å²) in [7, 11) is 4.45. The van der Waals surface area contributed by atoms with E-state index in [0.717, 1.165) is 0 Å². The Morgan fingerprint density at radius 3 is 2.08 bits per heavy atom. The van der Waals surface area contributed by atoms with Crippen LogP contribution in [0, 0.1) is 0 Å². The highest BCUT2D eigenvalue weighted by atomic mass is 16.5. The predicted octanol–water partition coefficient (Wildman–Crippen LogP) is 2.07. The van der Waals surface area contributed by atoms with E-state index in [1.54, 1.807) is 24.3 Å². The van der Waals surface area contributed by atoms with Crippen molar-refractivity contribution < 1.29 is 28.5 Å². The largest absolute Gasteiger partial charge is 0.497 e. The molecule has 0 bridgehead atoms. The number of primary amides is 1. The van der Waals surface area contributed by atoms with Crippen molar-refractivity contribution in [2.75, 3.05) is 27.9 Å². The number of rotatable bonds is 8. The van der Waals surface area contributed by atoms with Crippen LogP contribution < -0.4 is 24.7 Å². The summed E-state index contributed by atoms with van der Waals surface area (Å²) in [4.78, 5) is 24.0. The molecule has 2 rings (SSSR count). The Bertz CT molecular complexity index is 787. The van der Waals surface area contributed by atoms with Gasteiger partial charge in [0.25, 0.3) is 5.91 Å². The van der Waals surface area contributed by atoms with Gasteiger partial charge in [-0.05, 0) is 30.3 Å². The summed E-state index contributed by atoms with van der Waals surface area (Å²) in [5, 5.41) is 0. The summed E-state index contributed by atoms with van der Waals surface area (Å²) in [5.41, 5.74) is 5.79. The lowest BCUT2D eigenvalue weighted by Crippen LogP contribution is -2.17. The van der Waals surface area contributed by atoms with Gasteiger partial charge in [-0.25, -0.2) is 0 Å². The molecule has 7 heteroatoms. The normalized spacial score (nSPS) is 10.0. The van der Waals surface area contributed by atoms with Gasteiger partial charge in [0, 0.05) is 6.07 Å². The van der Waals surface area contributed by atoms with Gasteiger partial charge in [-0.3, -0.25) is 9.59 Å². The zero-order valence-electron chi connectivity index (χ0n) is 14.2. The molecule has 0 aliphatic rings. The molecule has 7 nitrogen and oxygen atoms in total. The van der Waals surface area contributed by atoms with Gasteiger partial charge in [0.2, 0.25) is 5.78 Å². The average Bonchev–Trinajstić information content (AvgIpc) is 2.64. The van der Waals surface area contributed by atoms with Crippen LogP contribution in [0.15, 0.2) is 36.4 Å². The third-order valence-electron chi connectivity index (χ3n) is 3.52. The predicted molar refractivity (Wildman–Crippen MR) is 90.9 cm³/mol. The number of hydrogen-bond acceptors (Lipinski definition) is 6. The minimum Gasteiger partial charge on any atom is -0.497 e. The Hall–Kier alpha value is -3.22. The summed E-state index contributed by atoms with van der Waals surface area (Å²) in [6.07, 6.45) is 0. The molecule has 2 N–H and O–H groups in total. The number of carbonyl (C=O) groups excluding carboxylic acids is 2. The molecular weight excluding hydrogens is 326 g/mol. The van der Waals surface area contributed by atoms with E-state index in [1.165, 1.54) is 33.5 Å². The SMILES string of the molecule is COc1ccc(C(N)=O)c(OCC(=O)c2cc(OC)ccc2OC)c1. The summed E-state index contributed by atoms with van der Waals surface area (Å²) >= 11 is 0. The first-order chi connectivity index (χ1) is 12.0. The lowest BCUT2D eigenvalue weighted by Gasteiger charge is -2.12. The van der Waals surface area contributed by atoms with Gasteiger partial charge in [0.1, 0.15) is 23.0 Å². The second-order valence-corrected chi connectivity index (χ2v) is 5.00. The number of ether oxygens (including phenoxy) is 4. The summed E-state index contributed by atoms with van der Waals surface area (Å²) in [5.74, 6) is 0.560. The molecule has 0 atom stereocenters. The van der Waals surface area contributed by atoms with Crippen LogP contribution >= 0.6 is 0 Å². The van der Waals surface area contributed by atoms with Gasteiger partial charge < -0.3 is 24.7 Å². The molecule has 0 saturated heterocycles. The molecule has 0 aliphatic carbocycles. The number of ketones is 1. The van der Waals surface area contributed by atoms with Crippen LogP contribution in [-0.2, 0) is 0 Å². The van der Waals surface area contributed by atoms with E-state index < -0.39 is 5.91 Å². The topological polar surface area (TPSA) is 97.1 Å². The Morgan fingerprint density at radius 2 is 1.48 bits per heavy atom. The zero-order valence-corrected chi connectivity index (χ0v) is 14.2. The minimum absolute atomic E-state index is 0.159. The maximum Gasteiger partial charge on any atom is 0.252 e. The van der Waals surface area contributed by atoms with Crippen LogP contribution in [0.1, 0.15) is 20.7 Å². The van der Waals surface area contributed by atoms with Crippen molar-refractivity contribution in [2.45, 2.75) is 0 Å². The molecule has 0 spiro atoms. The standard InChI is InChI=1S/C18H19NO6/c1-22-11-5-7-16(24-3)14(8-11)15(20)10-25-17-9-12(23-2)4-6-13(17)18(19)21/h4-9H,10H2,1-3H3,(H2,19,21). The molecule has 25 heavy (non-hydrogen) atoms. The maximum atomic E-state index is 12.5. The first-order valence-corrected chi connectivity index (χ1v) is 7.36. The number of hydrogen-bond donors (Lipinski definition) is 1. The fourth-order valence-electron chi connectivity index (χ4n) is 2.21. The van der Waals surface area contributed by atoms with Crippen molar-refractivity contribution in [1.29, 1.82) is 0 Å². The first-order valence-electron chi connectivity index (χ1n) is 7.36. The Labute approximate surface area is 145 Å². The van der Waals surface area contributed by atoms with Crippen molar-refractivity contribution in [3.05, 3.63) is 47.5 Å². The fourth-order valence-corrected chi connectivity index (χ4v) is 2.21. The molecule has 0 aromatic heterocycles. The molecule has 2 aromatic rings. The van der Waals surface area contributed by atoms with E-state index >= 15 is 0 Å². The van der Waals surface area contributed by atoms with E-state index in [9.17, 15) is 9.59 Å². The summed E-state index contributed by atoms with van der Waals surface area (Å²) < 4.78 is 20.9. The van der Waals surface area contributed by atoms with E-state index in [0.29, 0.717) is 22.8 Å². The fraction of sp³-hybridized carbons (Fsp3) is 0.222. The molecule has 0 saturated carbocycles. The van der Waals surface area contributed by atoms with Crippen LogP contribution in [0.5, 0.6) is 23.0 Å². The number of Topliss-reactive ketones (excluding diaryl/α,β-unsaturated/α-hetero) is 1. The second-order valence-electron chi connectivity index (χ2n) is 5.00. The van der Waals surface area contributed by atoms with Gasteiger partial charge in [0.15, 0.2) is 6.61 Å². The van der Waals surface area contributed by atoms with E-state index in [2.05, 4.69) is 0 Å². The smallest absolute Gasteiger partial charge is 0.252 e. The van der Waals surface area contributed by atoms with Gasteiger partial charge in [0.05, 0.1) is 32.5 Å². The van der Waals surface area contributed by atoms with Gasteiger partial charge >= 0.3 is 0 Å². The number of amides is 1. The van der Waals surface area contributed by atoms with Crippen molar-refractivity contribution in [1.82, 2.24) is 0 Å². The first kappa shape index (κ1) is 18.1. The molecule has 132 valence electrons. The number of nitrogens with two attached hydrogens (primary N) is 1. The van der Waals surface area contributed by atoms with Crippen LogP contribution in [0.4, 0.5) is 0 Å². The molecule has 0 heterocycles. The lowest BCUT2D eigenvalue weighted by atomic mass is 10.1. The minimum atomic E-state index is -0.663. The quantitative estimate of drug-likeness (QED) is 0.736. The molecule has 2 aromatic carbocycles. The summed E-state index contributed by atoms with van der Waals surface area (Å²) in [6, 6.07) is 9.43. The van der Waals surface area contributed by atoms with Crippen LogP contribution in [0.25, 0.3) is 0 Å².